The highest BCUT2D eigenvalue weighted by molar-refractivity contribution is 6.31. The minimum atomic E-state index is -0.372. The van der Waals surface area contributed by atoms with Crippen LogP contribution in [0.4, 0.5) is 0 Å². The normalized spacial score (nSPS) is 12.9. The molecule has 0 bridgehead atoms. The molecule has 0 saturated carbocycles. The topological polar surface area (TPSA) is 20.2 Å². The average molecular weight is 199 g/mol. The van der Waals surface area contributed by atoms with Crippen LogP contribution in [0.1, 0.15) is 37.0 Å². The first-order chi connectivity index (χ1) is 6.15. The van der Waals surface area contributed by atoms with Gasteiger partial charge in [0.1, 0.15) is 0 Å². The Bertz CT molecular complexity index is 283. The Labute approximate surface area is 84.4 Å². The van der Waals surface area contributed by atoms with Gasteiger partial charge in [0.25, 0.3) is 0 Å². The van der Waals surface area contributed by atoms with E-state index in [0.717, 1.165) is 29.0 Å². The van der Waals surface area contributed by atoms with Crippen LogP contribution in [0.2, 0.25) is 5.02 Å². The second kappa shape index (κ2) is 4.64. The fourth-order valence-electron chi connectivity index (χ4n) is 1.26. The maximum Gasteiger partial charge on any atom is 0.0790 e. The van der Waals surface area contributed by atoms with Gasteiger partial charge in [-0.15, -0.1) is 0 Å². The van der Waals surface area contributed by atoms with Gasteiger partial charge in [0, 0.05) is 5.02 Å². The Morgan fingerprint density at radius 3 is 2.69 bits per heavy atom. The molecule has 1 aromatic rings. The third-order valence-corrected chi connectivity index (χ3v) is 2.55. The zero-order valence-electron chi connectivity index (χ0n) is 8.05. The summed E-state index contributed by atoms with van der Waals surface area (Å²) in [6.07, 6.45) is 1.40. The first-order valence-electron chi connectivity index (χ1n) is 4.59. The molecule has 0 aliphatic carbocycles. The van der Waals surface area contributed by atoms with Crippen molar-refractivity contribution in [3.05, 3.63) is 34.3 Å². The second-order valence-corrected chi connectivity index (χ2v) is 3.72. The largest absolute Gasteiger partial charge is 0.388 e. The Balaban J connectivity index is 2.84. The maximum absolute atomic E-state index is 9.68. The summed E-state index contributed by atoms with van der Waals surface area (Å²) in [5, 5.41) is 10.4. The zero-order chi connectivity index (χ0) is 9.84. The molecule has 1 nitrogen and oxygen atoms in total. The number of hydrogen-bond donors (Lipinski definition) is 1. The summed E-state index contributed by atoms with van der Waals surface area (Å²) in [5.74, 6) is 0. The molecule has 72 valence electrons. The van der Waals surface area contributed by atoms with E-state index in [1.54, 1.807) is 0 Å². The zero-order valence-corrected chi connectivity index (χ0v) is 8.80. The van der Waals surface area contributed by atoms with Crippen molar-refractivity contribution in [1.29, 1.82) is 0 Å². The van der Waals surface area contributed by atoms with Crippen LogP contribution in [0.25, 0.3) is 0 Å². The van der Waals surface area contributed by atoms with Crippen molar-refractivity contribution in [2.75, 3.05) is 0 Å². The number of hydrogen-bond acceptors (Lipinski definition) is 1. The van der Waals surface area contributed by atoms with Crippen LogP contribution < -0.4 is 0 Å². The number of aliphatic hydroxyl groups is 1. The molecule has 0 fully saturated rings. The summed E-state index contributed by atoms with van der Waals surface area (Å²) in [6.45, 7) is 4.01. The molecule has 0 aliphatic heterocycles. The van der Waals surface area contributed by atoms with Gasteiger partial charge in [0.05, 0.1) is 6.10 Å². The molecular formula is C11H15ClO. The average Bonchev–Trinajstić information content (AvgIpc) is 2.10. The smallest absolute Gasteiger partial charge is 0.0790 e. The second-order valence-electron chi connectivity index (χ2n) is 3.31. The summed E-state index contributed by atoms with van der Waals surface area (Å²) in [5.41, 5.74) is 1.96. The van der Waals surface area contributed by atoms with Crippen molar-refractivity contribution >= 4 is 11.6 Å². The number of halogens is 1. The number of rotatable bonds is 3. The van der Waals surface area contributed by atoms with Gasteiger partial charge in [0.15, 0.2) is 0 Å². The van der Waals surface area contributed by atoms with E-state index in [1.165, 1.54) is 0 Å². The molecule has 1 rings (SSSR count). The quantitative estimate of drug-likeness (QED) is 0.789. The van der Waals surface area contributed by atoms with Gasteiger partial charge < -0.3 is 5.11 Å². The molecule has 1 aromatic carbocycles. The van der Waals surface area contributed by atoms with Crippen molar-refractivity contribution in [1.82, 2.24) is 0 Å². The number of aryl methyl sites for hydroxylation is 1. The van der Waals surface area contributed by atoms with Crippen LogP contribution in [0, 0.1) is 6.92 Å². The van der Waals surface area contributed by atoms with E-state index in [4.69, 9.17) is 11.6 Å². The summed E-state index contributed by atoms with van der Waals surface area (Å²) in [4.78, 5) is 0. The van der Waals surface area contributed by atoms with Crippen LogP contribution in [0.15, 0.2) is 18.2 Å². The van der Waals surface area contributed by atoms with Crippen molar-refractivity contribution in [2.45, 2.75) is 32.8 Å². The van der Waals surface area contributed by atoms with Crippen LogP contribution in [0.3, 0.4) is 0 Å². The van der Waals surface area contributed by atoms with Gasteiger partial charge in [-0.2, -0.15) is 0 Å². The van der Waals surface area contributed by atoms with Crippen molar-refractivity contribution in [2.24, 2.45) is 0 Å². The lowest BCUT2D eigenvalue weighted by molar-refractivity contribution is 0.166. The summed E-state index contributed by atoms with van der Waals surface area (Å²) in [6, 6.07) is 5.72. The predicted molar refractivity (Wildman–Crippen MR) is 56.1 cm³/mol. The molecule has 1 N–H and O–H groups in total. The molecule has 0 amide bonds. The highest BCUT2D eigenvalue weighted by atomic mass is 35.5. The molecule has 0 spiro atoms. The first kappa shape index (κ1) is 10.6. The number of benzene rings is 1. The molecule has 0 saturated heterocycles. The maximum atomic E-state index is 9.68. The van der Waals surface area contributed by atoms with E-state index in [2.05, 4.69) is 6.92 Å². The molecule has 0 aromatic heterocycles. The first-order valence-corrected chi connectivity index (χ1v) is 4.97. The molecule has 1 atom stereocenters. The standard InChI is InChI=1S/C11H15ClO/c1-3-4-11(13)9-6-5-8(2)10(12)7-9/h5-7,11,13H,3-4H2,1-2H3/t11-/m0/s1. The monoisotopic (exact) mass is 198 g/mol. The highest BCUT2D eigenvalue weighted by Crippen LogP contribution is 2.23. The predicted octanol–water partition coefficient (Wildman–Crippen LogP) is 3.48. The SMILES string of the molecule is CCC[C@H](O)c1ccc(C)c(Cl)c1. The van der Waals surface area contributed by atoms with E-state index < -0.39 is 0 Å². The summed E-state index contributed by atoms with van der Waals surface area (Å²) < 4.78 is 0. The van der Waals surface area contributed by atoms with Crippen molar-refractivity contribution in [3.63, 3.8) is 0 Å². The lowest BCUT2D eigenvalue weighted by atomic mass is 10.0. The molecule has 0 unspecified atom stereocenters. The Morgan fingerprint density at radius 1 is 1.46 bits per heavy atom. The fourth-order valence-corrected chi connectivity index (χ4v) is 1.45. The van der Waals surface area contributed by atoms with Crippen molar-refractivity contribution in [3.8, 4) is 0 Å². The van der Waals surface area contributed by atoms with Gasteiger partial charge in [-0.05, 0) is 30.5 Å². The van der Waals surface area contributed by atoms with Crippen LogP contribution in [-0.4, -0.2) is 5.11 Å². The van der Waals surface area contributed by atoms with E-state index in [-0.39, 0.29) is 6.10 Å². The van der Waals surface area contributed by atoms with Crippen LogP contribution in [0.5, 0.6) is 0 Å². The third-order valence-electron chi connectivity index (χ3n) is 2.14. The lowest BCUT2D eigenvalue weighted by Crippen LogP contribution is -1.96. The minimum Gasteiger partial charge on any atom is -0.388 e. The molecule has 0 aliphatic rings. The summed E-state index contributed by atoms with van der Waals surface area (Å²) in [7, 11) is 0. The van der Waals surface area contributed by atoms with E-state index in [9.17, 15) is 5.11 Å². The Kier molecular flexibility index (Phi) is 3.76. The fraction of sp³-hybridized carbons (Fsp3) is 0.455. The van der Waals surface area contributed by atoms with Crippen molar-refractivity contribution < 1.29 is 5.11 Å². The Morgan fingerprint density at radius 2 is 2.15 bits per heavy atom. The third kappa shape index (κ3) is 2.71. The van der Waals surface area contributed by atoms with Gasteiger partial charge >= 0.3 is 0 Å². The molecule has 13 heavy (non-hydrogen) atoms. The van der Waals surface area contributed by atoms with Gasteiger partial charge in [-0.25, -0.2) is 0 Å². The van der Waals surface area contributed by atoms with E-state index in [1.807, 2.05) is 25.1 Å². The van der Waals surface area contributed by atoms with Crippen LogP contribution >= 0.6 is 11.6 Å². The molecular weight excluding hydrogens is 184 g/mol. The molecule has 0 heterocycles. The van der Waals surface area contributed by atoms with E-state index >= 15 is 0 Å². The van der Waals surface area contributed by atoms with Gasteiger partial charge in [0.2, 0.25) is 0 Å². The molecule has 2 heteroatoms. The molecule has 0 radical (unpaired) electrons. The minimum absolute atomic E-state index is 0.372. The van der Waals surface area contributed by atoms with E-state index in [0.29, 0.717) is 0 Å². The van der Waals surface area contributed by atoms with Gasteiger partial charge in [-0.3, -0.25) is 0 Å². The van der Waals surface area contributed by atoms with Crippen LogP contribution in [-0.2, 0) is 0 Å². The highest BCUT2D eigenvalue weighted by Gasteiger charge is 2.06. The Hall–Kier alpha value is -0.530. The summed E-state index contributed by atoms with van der Waals surface area (Å²) >= 11 is 5.95. The lowest BCUT2D eigenvalue weighted by Gasteiger charge is -2.10. The van der Waals surface area contributed by atoms with Gasteiger partial charge in [-0.1, -0.05) is 37.1 Å². The number of aliphatic hydroxyl groups excluding tert-OH is 1.